The summed E-state index contributed by atoms with van der Waals surface area (Å²) in [5, 5.41) is 0.765. The van der Waals surface area contributed by atoms with E-state index in [1.807, 2.05) is 25.3 Å². The fourth-order valence-electron chi connectivity index (χ4n) is 1.17. The predicted octanol–water partition coefficient (Wildman–Crippen LogP) is 4.17. The normalized spacial score (nSPS) is 10.6. The van der Waals surface area contributed by atoms with Crippen molar-refractivity contribution < 1.29 is 0 Å². The van der Waals surface area contributed by atoms with Crippen molar-refractivity contribution in [1.29, 1.82) is 0 Å². The van der Waals surface area contributed by atoms with Crippen molar-refractivity contribution in [2.45, 2.75) is 12.3 Å². The van der Waals surface area contributed by atoms with Gasteiger partial charge in [0.15, 0.2) is 5.82 Å². The Bertz CT molecular complexity index is 482. The SMILES string of the molecule is Cc1cnc(-c2ccc(Br)s2)nc1CBr. The van der Waals surface area contributed by atoms with Gasteiger partial charge in [0, 0.05) is 11.5 Å². The maximum atomic E-state index is 4.51. The average molecular weight is 348 g/mol. The summed E-state index contributed by atoms with van der Waals surface area (Å²) in [7, 11) is 0. The zero-order chi connectivity index (χ0) is 10.8. The molecule has 0 N–H and O–H groups in total. The van der Waals surface area contributed by atoms with Crippen molar-refractivity contribution in [3.63, 3.8) is 0 Å². The van der Waals surface area contributed by atoms with Gasteiger partial charge in [-0.1, -0.05) is 15.9 Å². The van der Waals surface area contributed by atoms with Crippen LogP contribution in [0.5, 0.6) is 0 Å². The molecule has 5 heteroatoms. The van der Waals surface area contributed by atoms with Gasteiger partial charge >= 0.3 is 0 Å². The number of halogens is 2. The van der Waals surface area contributed by atoms with Crippen LogP contribution in [-0.4, -0.2) is 9.97 Å². The standard InChI is InChI=1S/C10H8Br2N2S/c1-6-5-13-10(14-7(6)4-11)8-2-3-9(12)15-8/h2-3,5H,4H2,1H3. The van der Waals surface area contributed by atoms with Gasteiger partial charge in [-0.05, 0) is 40.5 Å². The van der Waals surface area contributed by atoms with Gasteiger partial charge in [0.1, 0.15) is 0 Å². The summed E-state index contributed by atoms with van der Waals surface area (Å²) in [6.45, 7) is 2.02. The maximum Gasteiger partial charge on any atom is 0.169 e. The van der Waals surface area contributed by atoms with Crippen molar-refractivity contribution >= 4 is 43.2 Å². The molecular weight excluding hydrogens is 340 g/mol. The van der Waals surface area contributed by atoms with Gasteiger partial charge in [0.05, 0.1) is 14.4 Å². The third-order valence-electron chi connectivity index (χ3n) is 2.00. The Balaban J connectivity index is 2.45. The van der Waals surface area contributed by atoms with Gasteiger partial charge in [-0.25, -0.2) is 9.97 Å². The van der Waals surface area contributed by atoms with E-state index < -0.39 is 0 Å². The quantitative estimate of drug-likeness (QED) is 0.762. The first-order valence-corrected chi connectivity index (χ1v) is 7.08. The van der Waals surface area contributed by atoms with E-state index in [0.29, 0.717) is 0 Å². The molecule has 0 saturated carbocycles. The molecule has 0 aliphatic carbocycles. The molecule has 0 saturated heterocycles. The van der Waals surface area contributed by atoms with Gasteiger partial charge in [-0.15, -0.1) is 11.3 Å². The molecule has 0 amide bonds. The van der Waals surface area contributed by atoms with E-state index >= 15 is 0 Å². The van der Waals surface area contributed by atoms with Crippen LogP contribution >= 0.6 is 43.2 Å². The lowest BCUT2D eigenvalue weighted by atomic mass is 10.3. The van der Waals surface area contributed by atoms with Crippen molar-refractivity contribution in [2.24, 2.45) is 0 Å². The minimum Gasteiger partial charge on any atom is -0.236 e. The highest BCUT2D eigenvalue weighted by atomic mass is 79.9. The van der Waals surface area contributed by atoms with Crippen LogP contribution in [0.25, 0.3) is 10.7 Å². The molecule has 2 heterocycles. The summed E-state index contributed by atoms with van der Waals surface area (Å²) < 4.78 is 1.10. The largest absolute Gasteiger partial charge is 0.236 e. The van der Waals surface area contributed by atoms with E-state index in [9.17, 15) is 0 Å². The first-order chi connectivity index (χ1) is 7.20. The summed E-state index contributed by atoms with van der Waals surface area (Å²) in [5.41, 5.74) is 2.16. The molecule has 0 aromatic carbocycles. The number of hydrogen-bond donors (Lipinski definition) is 0. The minimum atomic E-state index is 0.765. The first-order valence-electron chi connectivity index (χ1n) is 4.35. The smallest absolute Gasteiger partial charge is 0.169 e. The number of alkyl halides is 1. The Morgan fingerprint density at radius 1 is 1.40 bits per heavy atom. The molecule has 0 atom stereocenters. The Hall–Kier alpha value is -0.260. The van der Waals surface area contributed by atoms with E-state index in [1.54, 1.807) is 11.3 Å². The highest BCUT2D eigenvalue weighted by molar-refractivity contribution is 9.11. The summed E-state index contributed by atoms with van der Waals surface area (Å²) in [4.78, 5) is 9.92. The summed E-state index contributed by atoms with van der Waals surface area (Å²) in [6.07, 6.45) is 1.87. The molecule has 2 rings (SSSR count). The van der Waals surface area contributed by atoms with Gasteiger partial charge in [0.25, 0.3) is 0 Å². The number of nitrogens with zero attached hydrogens (tertiary/aromatic N) is 2. The van der Waals surface area contributed by atoms with Crippen LogP contribution in [0.3, 0.4) is 0 Å². The monoisotopic (exact) mass is 346 g/mol. The molecule has 2 aromatic rings. The minimum absolute atomic E-state index is 0.765. The molecule has 0 bridgehead atoms. The second kappa shape index (κ2) is 4.72. The topological polar surface area (TPSA) is 25.8 Å². The van der Waals surface area contributed by atoms with Gasteiger partial charge < -0.3 is 0 Å². The third-order valence-corrected chi connectivity index (χ3v) is 4.15. The number of aromatic nitrogens is 2. The van der Waals surface area contributed by atoms with Crippen LogP contribution in [0, 0.1) is 6.92 Å². The van der Waals surface area contributed by atoms with E-state index in [1.165, 1.54) is 0 Å². The Morgan fingerprint density at radius 2 is 2.20 bits per heavy atom. The van der Waals surface area contributed by atoms with Crippen LogP contribution in [0.15, 0.2) is 22.1 Å². The highest BCUT2D eigenvalue weighted by Crippen LogP contribution is 2.29. The fourth-order valence-corrected chi connectivity index (χ4v) is 3.06. The zero-order valence-electron chi connectivity index (χ0n) is 8.00. The third kappa shape index (κ3) is 2.46. The number of aryl methyl sites for hydroxylation is 1. The van der Waals surface area contributed by atoms with Crippen molar-refractivity contribution in [2.75, 3.05) is 0 Å². The lowest BCUT2D eigenvalue weighted by Gasteiger charge is -2.02. The Kier molecular flexibility index (Phi) is 3.53. The van der Waals surface area contributed by atoms with E-state index in [-0.39, 0.29) is 0 Å². The second-order valence-corrected chi connectivity index (χ2v) is 6.08. The van der Waals surface area contributed by atoms with E-state index in [2.05, 4.69) is 41.8 Å². The van der Waals surface area contributed by atoms with Crippen molar-refractivity contribution in [1.82, 2.24) is 9.97 Å². The second-order valence-electron chi connectivity index (χ2n) is 3.06. The van der Waals surface area contributed by atoms with Crippen molar-refractivity contribution in [3.8, 4) is 10.7 Å². The molecule has 15 heavy (non-hydrogen) atoms. The molecule has 0 unspecified atom stereocenters. The number of hydrogen-bond acceptors (Lipinski definition) is 3. The Morgan fingerprint density at radius 3 is 2.80 bits per heavy atom. The summed E-state index contributed by atoms with van der Waals surface area (Å²) in [5.74, 6) is 0.797. The van der Waals surface area contributed by atoms with E-state index in [0.717, 1.165) is 31.1 Å². The van der Waals surface area contributed by atoms with Crippen LogP contribution < -0.4 is 0 Å². The fraction of sp³-hybridized carbons (Fsp3) is 0.200. The van der Waals surface area contributed by atoms with E-state index in [4.69, 9.17) is 0 Å². The van der Waals surface area contributed by atoms with Gasteiger partial charge in [0.2, 0.25) is 0 Å². The lowest BCUT2D eigenvalue weighted by molar-refractivity contribution is 1.07. The molecule has 0 radical (unpaired) electrons. The molecule has 0 aliphatic heterocycles. The molecule has 2 aromatic heterocycles. The molecule has 0 aliphatic rings. The number of rotatable bonds is 2. The molecular formula is C10H8Br2N2S. The van der Waals surface area contributed by atoms with Crippen molar-refractivity contribution in [3.05, 3.63) is 33.4 Å². The lowest BCUT2D eigenvalue weighted by Crippen LogP contribution is -1.95. The molecule has 0 fully saturated rings. The van der Waals surface area contributed by atoms with Crippen LogP contribution in [0.4, 0.5) is 0 Å². The number of thiophene rings is 1. The summed E-state index contributed by atoms with van der Waals surface area (Å²) in [6, 6.07) is 4.04. The first kappa shape index (κ1) is 11.2. The van der Waals surface area contributed by atoms with Crippen LogP contribution in [0.1, 0.15) is 11.3 Å². The van der Waals surface area contributed by atoms with Gasteiger partial charge in [-0.2, -0.15) is 0 Å². The molecule has 0 spiro atoms. The summed E-state index contributed by atoms with van der Waals surface area (Å²) >= 11 is 8.50. The predicted molar refractivity (Wildman–Crippen MR) is 70.4 cm³/mol. The van der Waals surface area contributed by atoms with Crippen LogP contribution in [0.2, 0.25) is 0 Å². The molecule has 2 nitrogen and oxygen atoms in total. The Labute approximate surface area is 109 Å². The molecule has 78 valence electrons. The maximum absolute atomic E-state index is 4.51. The zero-order valence-corrected chi connectivity index (χ0v) is 12.0. The van der Waals surface area contributed by atoms with Crippen LogP contribution in [-0.2, 0) is 5.33 Å². The van der Waals surface area contributed by atoms with Gasteiger partial charge in [-0.3, -0.25) is 0 Å². The highest BCUT2D eigenvalue weighted by Gasteiger charge is 2.07. The average Bonchev–Trinajstić information content (AvgIpc) is 2.66.